The van der Waals surface area contributed by atoms with Crippen LogP contribution < -0.4 is 10.5 Å². The number of thiazole rings is 1. The van der Waals surface area contributed by atoms with Crippen LogP contribution in [0.3, 0.4) is 0 Å². The third-order valence-corrected chi connectivity index (χ3v) is 5.68. The Bertz CT molecular complexity index is 756. The Hall–Kier alpha value is -2.12. The molecule has 1 aromatic carbocycles. The highest BCUT2D eigenvalue weighted by atomic mass is 35.5. The molecule has 0 spiro atoms. The highest BCUT2D eigenvalue weighted by Crippen LogP contribution is 2.36. The molecule has 26 heavy (non-hydrogen) atoms. The van der Waals surface area contributed by atoms with Crippen LogP contribution in [0.2, 0.25) is 5.02 Å². The van der Waals surface area contributed by atoms with Crippen molar-refractivity contribution in [1.82, 2.24) is 9.88 Å². The number of ether oxygens (including phenoxy) is 1. The first-order chi connectivity index (χ1) is 12.5. The number of hydrogen-bond donors (Lipinski definition) is 1. The van der Waals surface area contributed by atoms with Gasteiger partial charge in [-0.2, -0.15) is 0 Å². The van der Waals surface area contributed by atoms with Gasteiger partial charge in [0.05, 0.1) is 18.3 Å². The number of primary amides is 1. The Balaban J connectivity index is 1.64. The third kappa shape index (κ3) is 4.53. The second kappa shape index (κ2) is 8.05. The summed E-state index contributed by atoms with van der Waals surface area (Å²) in [5, 5.41) is 0.638. The summed E-state index contributed by atoms with van der Waals surface area (Å²) in [4.78, 5) is 30.4. The van der Waals surface area contributed by atoms with Gasteiger partial charge in [0, 0.05) is 29.9 Å². The molecule has 3 rings (SSSR count). The maximum Gasteiger partial charge on any atom is 0.265 e. The highest BCUT2D eigenvalue weighted by molar-refractivity contribution is 7.11. The van der Waals surface area contributed by atoms with E-state index in [2.05, 4.69) is 4.98 Å². The fourth-order valence-corrected chi connectivity index (χ4v) is 3.88. The zero-order chi connectivity index (χ0) is 18.6. The van der Waals surface area contributed by atoms with Crippen molar-refractivity contribution in [2.75, 3.05) is 19.7 Å². The maximum absolute atomic E-state index is 12.5. The SMILES string of the molecule is NC(=O)CC1(COc2ccc(Cl)cc2)CCN(C(=O)c2cncs2)CC1. The Labute approximate surface area is 160 Å². The van der Waals surface area contributed by atoms with Gasteiger partial charge in [-0.1, -0.05) is 11.6 Å². The Morgan fingerprint density at radius 3 is 2.54 bits per heavy atom. The zero-order valence-corrected chi connectivity index (χ0v) is 15.8. The van der Waals surface area contributed by atoms with Crippen LogP contribution in [0.1, 0.15) is 28.9 Å². The molecule has 1 aliphatic heterocycles. The standard InChI is InChI=1S/C18H20ClN3O3S/c19-13-1-3-14(4-2-13)25-11-18(9-16(20)23)5-7-22(8-6-18)17(24)15-10-21-12-26-15/h1-4,10,12H,5-9,11H2,(H2,20,23). The van der Waals surface area contributed by atoms with Crippen LogP contribution in [-0.2, 0) is 4.79 Å². The van der Waals surface area contributed by atoms with Crippen molar-refractivity contribution in [3.8, 4) is 5.75 Å². The molecule has 1 aromatic heterocycles. The molecule has 1 aliphatic rings. The van der Waals surface area contributed by atoms with Crippen molar-refractivity contribution in [3.05, 3.63) is 45.9 Å². The highest BCUT2D eigenvalue weighted by Gasteiger charge is 2.38. The van der Waals surface area contributed by atoms with Gasteiger partial charge in [0.2, 0.25) is 5.91 Å². The molecule has 2 amide bonds. The zero-order valence-electron chi connectivity index (χ0n) is 14.2. The molecule has 6 nitrogen and oxygen atoms in total. The van der Waals surface area contributed by atoms with Crippen molar-refractivity contribution >= 4 is 34.8 Å². The summed E-state index contributed by atoms with van der Waals surface area (Å²) in [5.74, 6) is 0.326. The minimum atomic E-state index is -0.365. The quantitative estimate of drug-likeness (QED) is 0.817. The van der Waals surface area contributed by atoms with E-state index in [0.29, 0.717) is 48.2 Å². The lowest BCUT2D eigenvalue weighted by Gasteiger charge is -2.40. The van der Waals surface area contributed by atoms with Crippen LogP contribution in [0.4, 0.5) is 0 Å². The van der Waals surface area contributed by atoms with Gasteiger partial charge < -0.3 is 15.4 Å². The number of nitrogens with two attached hydrogens (primary N) is 1. The molecule has 0 radical (unpaired) electrons. The van der Waals surface area contributed by atoms with Crippen LogP contribution in [0.25, 0.3) is 0 Å². The summed E-state index contributed by atoms with van der Waals surface area (Å²) in [7, 11) is 0. The first kappa shape index (κ1) is 18.7. The smallest absolute Gasteiger partial charge is 0.265 e. The van der Waals surface area contributed by atoms with Gasteiger partial charge in [-0.3, -0.25) is 14.6 Å². The first-order valence-corrected chi connectivity index (χ1v) is 9.58. The lowest BCUT2D eigenvalue weighted by molar-refractivity contribution is -0.121. The molecule has 1 fully saturated rings. The molecule has 8 heteroatoms. The number of halogens is 1. The number of nitrogens with zero attached hydrogens (tertiary/aromatic N) is 2. The van der Waals surface area contributed by atoms with Crippen molar-refractivity contribution in [2.24, 2.45) is 11.1 Å². The molecule has 2 N–H and O–H groups in total. The van der Waals surface area contributed by atoms with E-state index in [0.717, 1.165) is 0 Å². The molecule has 2 aromatic rings. The lowest BCUT2D eigenvalue weighted by Crippen LogP contribution is -2.46. The Morgan fingerprint density at radius 1 is 1.27 bits per heavy atom. The fraction of sp³-hybridized carbons (Fsp3) is 0.389. The van der Waals surface area contributed by atoms with Crippen LogP contribution in [0.15, 0.2) is 36.0 Å². The predicted molar refractivity (Wildman–Crippen MR) is 100 cm³/mol. The van der Waals surface area contributed by atoms with E-state index < -0.39 is 0 Å². The molecular weight excluding hydrogens is 374 g/mol. The number of carbonyl (C=O) groups excluding carboxylic acids is 2. The second-order valence-electron chi connectivity index (χ2n) is 6.54. The second-order valence-corrected chi connectivity index (χ2v) is 7.87. The van der Waals surface area contributed by atoms with Crippen LogP contribution in [-0.4, -0.2) is 41.4 Å². The number of aromatic nitrogens is 1. The topological polar surface area (TPSA) is 85.5 Å². The van der Waals surface area contributed by atoms with Crippen molar-refractivity contribution in [3.63, 3.8) is 0 Å². The number of hydrogen-bond acceptors (Lipinski definition) is 5. The van der Waals surface area contributed by atoms with Crippen LogP contribution in [0, 0.1) is 5.41 Å². The molecule has 0 atom stereocenters. The van der Waals surface area contributed by atoms with Gasteiger partial charge in [-0.05, 0) is 37.1 Å². The van der Waals surface area contributed by atoms with E-state index in [9.17, 15) is 9.59 Å². The third-order valence-electron chi connectivity index (χ3n) is 4.66. The van der Waals surface area contributed by atoms with E-state index >= 15 is 0 Å². The first-order valence-electron chi connectivity index (χ1n) is 8.32. The molecule has 0 unspecified atom stereocenters. The van der Waals surface area contributed by atoms with Gasteiger partial charge in [-0.25, -0.2) is 0 Å². The Morgan fingerprint density at radius 2 is 1.96 bits per heavy atom. The van der Waals surface area contributed by atoms with Crippen molar-refractivity contribution in [1.29, 1.82) is 0 Å². The van der Waals surface area contributed by atoms with E-state index in [1.54, 1.807) is 40.9 Å². The summed E-state index contributed by atoms with van der Waals surface area (Å²) in [6, 6.07) is 7.10. The van der Waals surface area contributed by atoms with Gasteiger partial charge in [0.1, 0.15) is 10.6 Å². The monoisotopic (exact) mass is 393 g/mol. The van der Waals surface area contributed by atoms with Gasteiger partial charge in [0.15, 0.2) is 0 Å². The van der Waals surface area contributed by atoms with Crippen molar-refractivity contribution in [2.45, 2.75) is 19.3 Å². The summed E-state index contributed by atoms with van der Waals surface area (Å²) >= 11 is 7.22. The molecule has 2 heterocycles. The number of likely N-dealkylation sites (tertiary alicyclic amines) is 1. The van der Waals surface area contributed by atoms with Gasteiger partial charge >= 0.3 is 0 Å². The summed E-state index contributed by atoms with van der Waals surface area (Å²) in [5.41, 5.74) is 6.75. The van der Waals surface area contributed by atoms with E-state index in [-0.39, 0.29) is 23.7 Å². The Kier molecular flexibility index (Phi) is 5.78. The van der Waals surface area contributed by atoms with E-state index in [4.69, 9.17) is 22.1 Å². The molecule has 0 saturated carbocycles. The summed E-state index contributed by atoms with van der Waals surface area (Å²) < 4.78 is 5.89. The number of benzene rings is 1. The average molecular weight is 394 g/mol. The lowest BCUT2D eigenvalue weighted by atomic mass is 9.76. The number of carbonyl (C=O) groups is 2. The summed E-state index contributed by atoms with van der Waals surface area (Å²) in [6.07, 6.45) is 3.15. The van der Waals surface area contributed by atoms with Crippen LogP contribution >= 0.6 is 22.9 Å². The average Bonchev–Trinajstić information content (AvgIpc) is 3.15. The largest absolute Gasteiger partial charge is 0.493 e. The molecule has 0 aliphatic carbocycles. The molecule has 138 valence electrons. The number of piperidine rings is 1. The molecule has 0 bridgehead atoms. The minimum Gasteiger partial charge on any atom is -0.493 e. The summed E-state index contributed by atoms with van der Waals surface area (Å²) in [6.45, 7) is 1.50. The van der Waals surface area contributed by atoms with Crippen molar-refractivity contribution < 1.29 is 14.3 Å². The van der Waals surface area contributed by atoms with Gasteiger partial charge in [0.25, 0.3) is 5.91 Å². The predicted octanol–water partition coefficient (Wildman–Crippen LogP) is 2.97. The maximum atomic E-state index is 12.5. The minimum absolute atomic E-state index is 0.0150. The van der Waals surface area contributed by atoms with Gasteiger partial charge in [-0.15, -0.1) is 11.3 Å². The number of rotatable bonds is 6. The van der Waals surface area contributed by atoms with E-state index in [1.807, 2.05) is 0 Å². The normalized spacial score (nSPS) is 16.3. The van der Waals surface area contributed by atoms with Crippen LogP contribution in [0.5, 0.6) is 5.75 Å². The van der Waals surface area contributed by atoms with E-state index in [1.165, 1.54) is 11.3 Å². The molecular formula is C18H20ClN3O3S. The molecule has 1 saturated heterocycles. The fourth-order valence-electron chi connectivity index (χ4n) is 3.17. The number of amides is 2.